The number of carboxylic acid groups (broad SMARTS) is 1. The Kier molecular flexibility index (Phi) is 2.61. The van der Waals surface area contributed by atoms with E-state index in [1.165, 1.54) is 6.08 Å². The van der Waals surface area contributed by atoms with E-state index in [4.69, 9.17) is 16.7 Å². The van der Waals surface area contributed by atoms with Crippen molar-refractivity contribution in [2.24, 2.45) is 0 Å². The van der Waals surface area contributed by atoms with Gasteiger partial charge in [-0.1, -0.05) is 29.8 Å². The maximum atomic E-state index is 11.1. The van der Waals surface area contributed by atoms with Crippen molar-refractivity contribution >= 4 is 23.3 Å². The minimum atomic E-state index is -1.16. The molecule has 1 heterocycles. The molecule has 5 heteroatoms. The number of hydrogen-bond donors (Lipinski definition) is 2. The summed E-state index contributed by atoms with van der Waals surface area (Å²) in [6, 6.07) is 9.29. The van der Waals surface area contributed by atoms with Crippen LogP contribution in [0.5, 0.6) is 0 Å². The molecule has 1 aromatic rings. The van der Waals surface area contributed by atoms with Gasteiger partial charge in [0.15, 0.2) is 5.54 Å². The summed E-state index contributed by atoms with van der Waals surface area (Å²) in [6.45, 7) is 1.56. The van der Waals surface area contributed by atoms with Crippen molar-refractivity contribution in [3.8, 4) is 0 Å². The molecular formula is C11H11ClN2O2. The highest BCUT2D eigenvalue weighted by atomic mass is 35.5. The lowest BCUT2D eigenvalue weighted by Crippen LogP contribution is -2.50. The van der Waals surface area contributed by atoms with E-state index < -0.39 is 11.5 Å². The highest BCUT2D eigenvalue weighted by molar-refractivity contribution is 6.31. The molecule has 1 aromatic carbocycles. The third kappa shape index (κ3) is 1.77. The Morgan fingerprint density at radius 1 is 1.44 bits per heavy atom. The fourth-order valence-electron chi connectivity index (χ4n) is 1.50. The van der Waals surface area contributed by atoms with Crippen LogP contribution in [0.3, 0.4) is 0 Å². The second-order valence-electron chi connectivity index (χ2n) is 3.76. The second-order valence-corrected chi connectivity index (χ2v) is 4.14. The van der Waals surface area contributed by atoms with E-state index in [-0.39, 0.29) is 0 Å². The number of hydrogen-bond acceptors (Lipinski definition) is 3. The monoisotopic (exact) mass is 238 g/mol. The van der Waals surface area contributed by atoms with Crippen LogP contribution in [0, 0.1) is 0 Å². The summed E-state index contributed by atoms with van der Waals surface area (Å²) in [4.78, 5) is 11.1. The Labute approximate surface area is 98.1 Å². The smallest absolute Gasteiger partial charge is 0.329 e. The van der Waals surface area contributed by atoms with Gasteiger partial charge in [0.25, 0.3) is 0 Å². The van der Waals surface area contributed by atoms with Crippen molar-refractivity contribution < 1.29 is 9.90 Å². The summed E-state index contributed by atoms with van der Waals surface area (Å²) in [5.74, 6) is -0.968. The highest BCUT2D eigenvalue weighted by Gasteiger charge is 2.39. The van der Waals surface area contributed by atoms with Crippen molar-refractivity contribution in [3.05, 3.63) is 41.6 Å². The van der Waals surface area contributed by atoms with Crippen molar-refractivity contribution in [2.45, 2.75) is 12.5 Å². The van der Waals surface area contributed by atoms with Gasteiger partial charge in [-0.05, 0) is 25.1 Å². The molecule has 0 bridgehead atoms. The second kappa shape index (κ2) is 3.81. The quantitative estimate of drug-likeness (QED) is 0.774. The van der Waals surface area contributed by atoms with E-state index in [0.29, 0.717) is 5.16 Å². The number of carboxylic acids is 1. The number of hydrazine groups is 1. The van der Waals surface area contributed by atoms with Crippen LogP contribution in [0.25, 0.3) is 0 Å². The topological polar surface area (TPSA) is 52.6 Å². The van der Waals surface area contributed by atoms with Gasteiger partial charge in [-0.3, -0.25) is 5.01 Å². The van der Waals surface area contributed by atoms with Crippen LogP contribution in [-0.2, 0) is 4.79 Å². The molecular weight excluding hydrogens is 228 g/mol. The summed E-state index contributed by atoms with van der Waals surface area (Å²) >= 11 is 6.00. The Balaban J connectivity index is 2.30. The average molecular weight is 239 g/mol. The molecule has 2 rings (SSSR count). The lowest BCUT2D eigenvalue weighted by atomic mass is 10.1. The van der Waals surface area contributed by atoms with Gasteiger partial charge in [0.05, 0.1) is 5.69 Å². The first-order chi connectivity index (χ1) is 7.53. The van der Waals surface area contributed by atoms with Crippen LogP contribution >= 0.6 is 11.6 Å². The number of benzene rings is 1. The van der Waals surface area contributed by atoms with E-state index >= 15 is 0 Å². The van der Waals surface area contributed by atoms with Crippen LogP contribution in [0.2, 0.25) is 0 Å². The Bertz CT molecular complexity index is 447. The van der Waals surface area contributed by atoms with Gasteiger partial charge in [-0.15, -0.1) is 0 Å². The molecule has 1 aliphatic heterocycles. The number of carbonyl (C=O) groups is 1. The van der Waals surface area contributed by atoms with E-state index in [1.54, 1.807) is 11.9 Å². The summed E-state index contributed by atoms with van der Waals surface area (Å²) in [7, 11) is 0. The molecule has 0 saturated carbocycles. The Morgan fingerprint density at radius 2 is 2.06 bits per heavy atom. The van der Waals surface area contributed by atoms with Gasteiger partial charge < -0.3 is 5.11 Å². The molecule has 2 N–H and O–H groups in total. The Morgan fingerprint density at radius 3 is 2.56 bits per heavy atom. The molecule has 1 atom stereocenters. The number of rotatable bonds is 2. The third-order valence-electron chi connectivity index (χ3n) is 2.42. The van der Waals surface area contributed by atoms with Gasteiger partial charge in [0, 0.05) is 0 Å². The van der Waals surface area contributed by atoms with Crippen molar-refractivity contribution in [2.75, 3.05) is 5.01 Å². The number of anilines is 1. The predicted molar refractivity (Wildman–Crippen MR) is 62.0 cm³/mol. The van der Waals surface area contributed by atoms with Gasteiger partial charge in [0.1, 0.15) is 5.16 Å². The normalized spacial score (nSPS) is 24.4. The predicted octanol–water partition coefficient (Wildman–Crippen LogP) is 1.93. The van der Waals surface area contributed by atoms with Crippen LogP contribution < -0.4 is 10.4 Å². The maximum absolute atomic E-state index is 11.1. The summed E-state index contributed by atoms with van der Waals surface area (Å²) in [5, 5.41) is 11.0. The van der Waals surface area contributed by atoms with Crippen molar-refractivity contribution in [3.63, 3.8) is 0 Å². The van der Waals surface area contributed by atoms with Crippen molar-refractivity contribution in [1.29, 1.82) is 0 Å². The molecule has 1 unspecified atom stereocenters. The number of para-hydroxylation sites is 1. The summed E-state index contributed by atoms with van der Waals surface area (Å²) in [6.07, 6.45) is 1.48. The molecule has 0 fully saturated rings. The zero-order chi connectivity index (χ0) is 11.8. The minimum Gasteiger partial charge on any atom is -0.480 e. The standard InChI is InChI=1S/C11H11ClN2O2/c1-11(10(15)16)7-9(12)14(13-11)8-5-3-2-4-6-8/h2-7,13H,1H3,(H,15,16). The molecule has 0 aromatic heterocycles. The average Bonchev–Trinajstić information content (AvgIpc) is 2.57. The fraction of sp³-hybridized carbons (Fsp3) is 0.182. The largest absolute Gasteiger partial charge is 0.480 e. The third-order valence-corrected chi connectivity index (χ3v) is 2.70. The zero-order valence-corrected chi connectivity index (χ0v) is 9.40. The highest BCUT2D eigenvalue weighted by Crippen LogP contribution is 2.28. The lowest BCUT2D eigenvalue weighted by molar-refractivity contribution is -0.141. The molecule has 1 aliphatic rings. The van der Waals surface area contributed by atoms with Crippen molar-refractivity contribution in [1.82, 2.24) is 5.43 Å². The van der Waals surface area contributed by atoms with E-state index in [2.05, 4.69) is 5.43 Å². The number of aliphatic carboxylic acids is 1. The fourth-order valence-corrected chi connectivity index (χ4v) is 1.85. The van der Waals surface area contributed by atoms with E-state index in [0.717, 1.165) is 5.69 Å². The molecule has 0 amide bonds. The first kappa shape index (κ1) is 11.0. The number of nitrogens with one attached hydrogen (secondary N) is 1. The van der Waals surface area contributed by atoms with Crippen LogP contribution in [-0.4, -0.2) is 16.6 Å². The van der Waals surface area contributed by atoms with Crippen LogP contribution in [0.15, 0.2) is 41.6 Å². The lowest BCUT2D eigenvalue weighted by Gasteiger charge is -2.24. The van der Waals surface area contributed by atoms with E-state index in [9.17, 15) is 4.79 Å². The first-order valence-corrected chi connectivity index (χ1v) is 5.15. The van der Waals surface area contributed by atoms with E-state index in [1.807, 2.05) is 30.3 Å². The Hall–Kier alpha value is -1.52. The minimum absolute atomic E-state index is 0.358. The van der Waals surface area contributed by atoms with Gasteiger partial charge in [-0.25, -0.2) is 10.2 Å². The number of nitrogens with zero attached hydrogens (tertiary/aromatic N) is 1. The molecule has 84 valence electrons. The van der Waals surface area contributed by atoms with Gasteiger partial charge in [-0.2, -0.15) is 0 Å². The van der Waals surface area contributed by atoms with Crippen LogP contribution in [0.1, 0.15) is 6.92 Å². The molecule has 16 heavy (non-hydrogen) atoms. The van der Waals surface area contributed by atoms with Crippen LogP contribution in [0.4, 0.5) is 5.69 Å². The number of halogens is 1. The molecule has 0 aliphatic carbocycles. The molecule has 4 nitrogen and oxygen atoms in total. The molecule has 0 saturated heterocycles. The maximum Gasteiger partial charge on any atom is 0.329 e. The van der Waals surface area contributed by atoms with Gasteiger partial charge in [0.2, 0.25) is 0 Å². The SMILES string of the molecule is CC1(C(=O)O)C=C(Cl)N(c2ccccc2)N1. The first-order valence-electron chi connectivity index (χ1n) is 4.78. The van der Waals surface area contributed by atoms with Gasteiger partial charge >= 0.3 is 5.97 Å². The molecule has 0 spiro atoms. The molecule has 0 radical (unpaired) electrons. The summed E-state index contributed by atoms with van der Waals surface area (Å²) in [5.41, 5.74) is 2.48. The summed E-state index contributed by atoms with van der Waals surface area (Å²) < 4.78 is 0. The zero-order valence-electron chi connectivity index (χ0n) is 8.64.